The van der Waals surface area contributed by atoms with E-state index in [2.05, 4.69) is 26.4 Å². The number of aryl methyl sites for hydroxylation is 3. The molecule has 7 heteroatoms. The van der Waals surface area contributed by atoms with Gasteiger partial charge in [0, 0.05) is 35.8 Å². The summed E-state index contributed by atoms with van der Waals surface area (Å²) < 4.78 is 16.1. The molecule has 160 valence electrons. The van der Waals surface area contributed by atoms with Crippen molar-refractivity contribution in [2.75, 3.05) is 5.32 Å². The molecule has 0 aliphatic carbocycles. The summed E-state index contributed by atoms with van der Waals surface area (Å²) in [5.74, 6) is 0.330. The lowest BCUT2D eigenvalue weighted by molar-refractivity contribution is 0.611. The summed E-state index contributed by atoms with van der Waals surface area (Å²) in [6, 6.07) is 17.3. The van der Waals surface area contributed by atoms with E-state index in [4.69, 9.17) is 4.98 Å². The van der Waals surface area contributed by atoms with Crippen molar-refractivity contribution in [2.24, 2.45) is 7.05 Å². The molecule has 3 aromatic heterocycles. The van der Waals surface area contributed by atoms with Crippen molar-refractivity contribution in [3.63, 3.8) is 0 Å². The van der Waals surface area contributed by atoms with Gasteiger partial charge in [0.25, 0.3) is 0 Å². The minimum atomic E-state index is -0.230. The minimum absolute atomic E-state index is 0.230. The first-order chi connectivity index (χ1) is 15.5. The average molecular weight is 426 g/mol. The first-order valence-electron chi connectivity index (χ1n) is 10.4. The van der Waals surface area contributed by atoms with E-state index >= 15 is 0 Å². The quantitative estimate of drug-likeness (QED) is 0.395. The lowest BCUT2D eigenvalue weighted by Crippen LogP contribution is -2.03. The lowest BCUT2D eigenvalue weighted by Gasteiger charge is -2.05. The molecule has 0 aliphatic rings. The number of aromatic nitrogens is 5. The van der Waals surface area contributed by atoms with Gasteiger partial charge in [0.2, 0.25) is 5.95 Å². The molecule has 0 spiro atoms. The third kappa shape index (κ3) is 3.73. The normalized spacial score (nSPS) is 11.2. The Labute approximate surface area is 185 Å². The van der Waals surface area contributed by atoms with E-state index in [1.165, 1.54) is 6.07 Å². The van der Waals surface area contributed by atoms with Crippen LogP contribution in [0.5, 0.6) is 0 Å². The zero-order valence-corrected chi connectivity index (χ0v) is 18.1. The maximum atomic E-state index is 14.3. The van der Waals surface area contributed by atoms with Crippen LogP contribution in [0.3, 0.4) is 0 Å². The average Bonchev–Trinajstić information content (AvgIpc) is 3.37. The fraction of sp³-hybridized carbons (Fsp3) is 0.160. The Morgan fingerprint density at radius 3 is 2.72 bits per heavy atom. The van der Waals surface area contributed by atoms with Crippen LogP contribution in [0, 0.1) is 19.7 Å². The second-order valence-corrected chi connectivity index (χ2v) is 7.96. The Kier molecular flexibility index (Phi) is 4.93. The van der Waals surface area contributed by atoms with Crippen LogP contribution in [0.1, 0.15) is 16.8 Å². The highest BCUT2D eigenvalue weighted by Gasteiger charge is 2.17. The number of nitrogens with one attached hydrogen (secondary N) is 2. The van der Waals surface area contributed by atoms with Crippen molar-refractivity contribution in [2.45, 2.75) is 20.4 Å². The second-order valence-electron chi connectivity index (χ2n) is 7.96. The molecule has 0 aliphatic heterocycles. The summed E-state index contributed by atoms with van der Waals surface area (Å²) in [6.45, 7) is 4.15. The van der Waals surface area contributed by atoms with Crippen LogP contribution in [0.4, 0.5) is 10.3 Å². The third-order valence-corrected chi connectivity index (χ3v) is 5.52. The van der Waals surface area contributed by atoms with Crippen LogP contribution in [0.2, 0.25) is 0 Å². The van der Waals surface area contributed by atoms with Crippen LogP contribution < -0.4 is 5.32 Å². The van der Waals surface area contributed by atoms with Gasteiger partial charge < -0.3 is 10.3 Å². The predicted molar refractivity (Wildman–Crippen MR) is 125 cm³/mol. The Morgan fingerprint density at radius 1 is 1.03 bits per heavy atom. The molecule has 5 aromatic rings. The molecule has 3 heterocycles. The number of hydrogen-bond acceptors (Lipinski definition) is 4. The molecule has 0 amide bonds. The van der Waals surface area contributed by atoms with Crippen LogP contribution >= 0.6 is 0 Å². The molecule has 0 radical (unpaired) electrons. The summed E-state index contributed by atoms with van der Waals surface area (Å²) in [7, 11) is 1.92. The summed E-state index contributed by atoms with van der Waals surface area (Å²) in [6.07, 6.45) is 1.84. The van der Waals surface area contributed by atoms with E-state index in [-0.39, 0.29) is 5.82 Å². The van der Waals surface area contributed by atoms with Gasteiger partial charge in [-0.2, -0.15) is 5.10 Å². The standard InChI is InChI=1S/C25H23FN6/c1-15-7-8-18(20(26)11-15)13-27-25-30-23(24(31-25)21-6-4-5-16(2)29-21)17-9-10-22-19(12-17)14-28-32(22)3/h4-12,14H,13H2,1-3H3,(H2,27,30,31). The molecule has 0 atom stereocenters. The van der Waals surface area contributed by atoms with Gasteiger partial charge in [0.05, 0.1) is 28.8 Å². The van der Waals surface area contributed by atoms with Gasteiger partial charge in [-0.1, -0.05) is 24.3 Å². The fourth-order valence-electron chi connectivity index (χ4n) is 3.82. The minimum Gasteiger partial charge on any atom is -0.352 e. The number of rotatable bonds is 5. The Balaban J connectivity index is 1.55. The van der Waals surface area contributed by atoms with Crippen LogP contribution in [0.25, 0.3) is 33.5 Å². The van der Waals surface area contributed by atoms with Gasteiger partial charge >= 0.3 is 0 Å². The molecule has 2 N–H and O–H groups in total. The van der Waals surface area contributed by atoms with Crippen molar-refractivity contribution in [3.05, 3.63) is 83.4 Å². The van der Waals surface area contributed by atoms with Crippen molar-refractivity contribution >= 4 is 16.9 Å². The Bertz CT molecular complexity index is 1430. The van der Waals surface area contributed by atoms with Gasteiger partial charge in [-0.3, -0.25) is 9.67 Å². The van der Waals surface area contributed by atoms with Gasteiger partial charge in [-0.25, -0.2) is 9.37 Å². The molecule has 0 unspecified atom stereocenters. The second kappa shape index (κ2) is 7.92. The number of benzene rings is 2. The Hall–Kier alpha value is -4.00. The number of aromatic amines is 1. The number of fused-ring (bicyclic) bond motifs is 1. The van der Waals surface area contributed by atoms with E-state index in [0.717, 1.165) is 44.8 Å². The SMILES string of the molecule is Cc1ccc(CNc2nc(-c3ccc4c(cnn4C)c3)c(-c3cccc(C)n3)[nH]2)c(F)c1. The first-order valence-corrected chi connectivity index (χ1v) is 10.4. The topological polar surface area (TPSA) is 71.4 Å². The smallest absolute Gasteiger partial charge is 0.201 e. The highest BCUT2D eigenvalue weighted by Crippen LogP contribution is 2.32. The van der Waals surface area contributed by atoms with Crippen molar-refractivity contribution in [1.29, 1.82) is 0 Å². The highest BCUT2D eigenvalue weighted by atomic mass is 19.1. The van der Waals surface area contributed by atoms with Crippen LogP contribution in [-0.2, 0) is 13.6 Å². The van der Waals surface area contributed by atoms with Gasteiger partial charge in [0.1, 0.15) is 5.82 Å². The number of halogens is 1. The molecular formula is C25H23FN6. The van der Waals surface area contributed by atoms with Gasteiger partial charge in [-0.15, -0.1) is 0 Å². The van der Waals surface area contributed by atoms with E-state index in [1.54, 1.807) is 6.07 Å². The molecule has 0 saturated carbocycles. The largest absolute Gasteiger partial charge is 0.352 e. The van der Waals surface area contributed by atoms with E-state index < -0.39 is 0 Å². The summed E-state index contributed by atoms with van der Waals surface area (Å²) in [5, 5.41) is 8.59. The molecule has 6 nitrogen and oxygen atoms in total. The number of anilines is 1. The molecule has 0 saturated heterocycles. The number of imidazole rings is 1. The summed E-state index contributed by atoms with van der Waals surface area (Å²) >= 11 is 0. The molecule has 5 rings (SSSR count). The zero-order valence-electron chi connectivity index (χ0n) is 18.1. The summed E-state index contributed by atoms with van der Waals surface area (Å²) in [4.78, 5) is 12.8. The first kappa shape index (κ1) is 19.9. The predicted octanol–water partition coefficient (Wildman–Crippen LogP) is 5.39. The number of hydrogen-bond donors (Lipinski definition) is 2. The fourth-order valence-corrected chi connectivity index (χ4v) is 3.82. The molecule has 2 aromatic carbocycles. The van der Waals surface area contributed by atoms with E-state index in [9.17, 15) is 4.39 Å². The van der Waals surface area contributed by atoms with Crippen molar-refractivity contribution in [3.8, 4) is 22.6 Å². The van der Waals surface area contributed by atoms with E-state index in [1.807, 2.05) is 68.2 Å². The van der Waals surface area contributed by atoms with Gasteiger partial charge in [0.15, 0.2) is 0 Å². The molecule has 0 fully saturated rings. The molecule has 32 heavy (non-hydrogen) atoms. The monoisotopic (exact) mass is 426 g/mol. The maximum absolute atomic E-state index is 14.3. The van der Waals surface area contributed by atoms with Crippen LogP contribution in [-0.4, -0.2) is 24.7 Å². The number of nitrogens with zero attached hydrogens (tertiary/aromatic N) is 4. The zero-order chi connectivity index (χ0) is 22.2. The van der Waals surface area contributed by atoms with Crippen molar-refractivity contribution in [1.82, 2.24) is 24.7 Å². The number of pyridine rings is 1. The molecule has 0 bridgehead atoms. The lowest BCUT2D eigenvalue weighted by atomic mass is 10.1. The number of H-pyrrole nitrogens is 1. The van der Waals surface area contributed by atoms with Gasteiger partial charge in [-0.05, 0) is 49.7 Å². The maximum Gasteiger partial charge on any atom is 0.201 e. The van der Waals surface area contributed by atoms with Crippen molar-refractivity contribution < 1.29 is 4.39 Å². The molecular weight excluding hydrogens is 403 g/mol. The third-order valence-electron chi connectivity index (χ3n) is 5.52. The highest BCUT2D eigenvalue weighted by molar-refractivity contribution is 5.87. The van der Waals surface area contributed by atoms with E-state index in [0.29, 0.717) is 18.1 Å². The Morgan fingerprint density at radius 2 is 1.91 bits per heavy atom. The summed E-state index contributed by atoms with van der Waals surface area (Å²) in [5.41, 5.74) is 6.79. The van der Waals surface area contributed by atoms with Crippen LogP contribution in [0.15, 0.2) is 60.8 Å².